The van der Waals surface area contributed by atoms with Gasteiger partial charge in [-0.15, -0.1) is 0 Å². The highest BCUT2D eigenvalue weighted by molar-refractivity contribution is 6.10. The van der Waals surface area contributed by atoms with Crippen LogP contribution in [0, 0.1) is 5.92 Å². The summed E-state index contributed by atoms with van der Waals surface area (Å²) in [5.41, 5.74) is 10.1. The predicted octanol–water partition coefficient (Wildman–Crippen LogP) is 10.1. The summed E-state index contributed by atoms with van der Waals surface area (Å²) in [7, 11) is 0. The molecule has 1 aliphatic carbocycles. The maximum absolute atomic E-state index is 6.60. The van der Waals surface area contributed by atoms with Crippen molar-refractivity contribution in [3.63, 3.8) is 0 Å². The third-order valence-corrected chi connectivity index (χ3v) is 8.17. The maximum Gasteiger partial charge on any atom is 0.144 e. The molecule has 0 atom stereocenters. The van der Waals surface area contributed by atoms with E-state index in [2.05, 4.69) is 103 Å². The van der Waals surface area contributed by atoms with E-state index in [1.165, 1.54) is 54.4 Å². The number of para-hydroxylation sites is 1. The standard InChI is InChI=1S/C36H31NO/c1-3-10-25(11-4-1)22-26-20-21-37-34(23-26)33-17-9-16-32-31-19-18-28(24-35(31)38-36(32)33)30-15-8-7-14-29(30)27-12-5-2-6-13-27/h2,5-9,12-21,23-25H,1,3-4,10-11,22H2. The molecule has 0 saturated heterocycles. The summed E-state index contributed by atoms with van der Waals surface area (Å²) in [5, 5.41) is 2.28. The van der Waals surface area contributed by atoms with Crippen molar-refractivity contribution in [1.82, 2.24) is 4.98 Å². The van der Waals surface area contributed by atoms with Gasteiger partial charge in [0.1, 0.15) is 11.2 Å². The van der Waals surface area contributed by atoms with Crippen LogP contribution in [0.25, 0.3) is 55.4 Å². The van der Waals surface area contributed by atoms with Crippen LogP contribution >= 0.6 is 0 Å². The molecule has 0 radical (unpaired) electrons. The Morgan fingerprint density at radius 1 is 0.632 bits per heavy atom. The third kappa shape index (κ3) is 4.31. The van der Waals surface area contributed by atoms with Crippen LogP contribution in [0.1, 0.15) is 37.7 Å². The number of aromatic nitrogens is 1. The van der Waals surface area contributed by atoms with E-state index in [9.17, 15) is 0 Å². The van der Waals surface area contributed by atoms with Crippen molar-refractivity contribution in [3.05, 3.63) is 115 Å². The molecule has 1 saturated carbocycles. The van der Waals surface area contributed by atoms with Crippen molar-refractivity contribution in [2.75, 3.05) is 0 Å². The molecule has 1 fully saturated rings. The van der Waals surface area contributed by atoms with Crippen LogP contribution in [0.15, 0.2) is 114 Å². The number of benzene rings is 4. The molecule has 0 aliphatic heterocycles. The van der Waals surface area contributed by atoms with Crippen LogP contribution in [0.3, 0.4) is 0 Å². The van der Waals surface area contributed by atoms with Gasteiger partial charge in [-0.3, -0.25) is 4.98 Å². The van der Waals surface area contributed by atoms with E-state index < -0.39 is 0 Å². The van der Waals surface area contributed by atoms with Gasteiger partial charge in [0, 0.05) is 22.5 Å². The molecule has 0 amide bonds. The minimum absolute atomic E-state index is 0.804. The van der Waals surface area contributed by atoms with Gasteiger partial charge in [-0.05, 0) is 70.5 Å². The van der Waals surface area contributed by atoms with E-state index in [1.54, 1.807) is 0 Å². The number of fused-ring (bicyclic) bond motifs is 3. The quantitative estimate of drug-likeness (QED) is 0.239. The van der Waals surface area contributed by atoms with Gasteiger partial charge in [0.25, 0.3) is 0 Å². The number of hydrogen-bond donors (Lipinski definition) is 0. The number of hydrogen-bond acceptors (Lipinski definition) is 2. The van der Waals surface area contributed by atoms with Gasteiger partial charge in [0.05, 0.1) is 5.69 Å². The fraction of sp³-hybridized carbons (Fsp3) is 0.194. The van der Waals surface area contributed by atoms with Crippen molar-refractivity contribution in [2.45, 2.75) is 38.5 Å². The van der Waals surface area contributed by atoms with Gasteiger partial charge < -0.3 is 4.42 Å². The Hall–Kier alpha value is -4.17. The highest BCUT2D eigenvalue weighted by Crippen LogP contribution is 2.39. The Morgan fingerprint density at radius 2 is 1.39 bits per heavy atom. The van der Waals surface area contributed by atoms with E-state index in [0.717, 1.165) is 51.1 Å². The van der Waals surface area contributed by atoms with E-state index >= 15 is 0 Å². The van der Waals surface area contributed by atoms with Crippen molar-refractivity contribution in [3.8, 4) is 33.5 Å². The molecular formula is C36H31NO. The molecule has 4 aromatic carbocycles. The van der Waals surface area contributed by atoms with Gasteiger partial charge in [-0.25, -0.2) is 0 Å². The second-order valence-electron chi connectivity index (χ2n) is 10.7. The average molecular weight is 494 g/mol. The lowest BCUT2D eigenvalue weighted by Gasteiger charge is -2.21. The van der Waals surface area contributed by atoms with Gasteiger partial charge in [-0.1, -0.05) is 105 Å². The van der Waals surface area contributed by atoms with Crippen LogP contribution in [0.2, 0.25) is 0 Å². The molecule has 1 aliphatic rings. The van der Waals surface area contributed by atoms with Gasteiger partial charge in [0.15, 0.2) is 0 Å². The monoisotopic (exact) mass is 493 g/mol. The molecular weight excluding hydrogens is 462 g/mol. The molecule has 0 spiro atoms. The van der Waals surface area contributed by atoms with E-state index in [-0.39, 0.29) is 0 Å². The summed E-state index contributed by atoms with van der Waals surface area (Å²) in [6.45, 7) is 0. The zero-order valence-corrected chi connectivity index (χ0v) is 21.6. The molecule has 2 heteroatoms. The first-order valence-corrected chi connectivity index (χ1v) is 13.9. The first-order chi connectivity index (χ1) is 18.8. The molecule has 2 heterocycles. The van der Waals surface area contributed by atoms with Crippen LogP contribution in [0.5, 0.6) is 0 Å². The minimum Gasteiger partial charge on any atom is -0.455 e. The number of rotatable bonds is 5. The molecule has 0 bridgehead atoms. The Labute approximate surface area is 224 Å². The number of nitrogens with zero attached hydrogens (tertiary/aromatic N) is 1. The molecule has 0 N–H and O–H groups in total. The van der Waals surface area contributed by atoms with Gasteiger partial charge >= 0.3 is 0 Å². The lowest BCUT2D eigenvalue weighted by Crippen LogP contribution is -2.09. The minimum atomic E-state index is 0.804. The largest absolute Gasteiger partial charge is 0.455 e. The summed E-state index contributed by atoms with van der Waals surface area (Å²) >= 11 is 0. The zero-order chi connectivity index (χ0) is 25.3. The lowest BCUT2D eigenvalue weighted by molar-refractivity contribution is 0.356. The molecule has 0 unspecified atom stereocenters. The van der Waals surface area contributed by atoms with Crippen molar-refractivity contribution in [1.29, 1.82) is 0 Å². The molecule has 2 nitrogen and oxygen atoms in total. The van der Waals surface area contributed by atoms with Gasteiger partial charge in [-0.2, -0.15) is 0 Å². The van der Waals surface area contributed by atoms with Crippen LogP contribution in [-0.4, -0.2) is 4.98 Å². The Kier molecular flexibility index (Phi) is 6.02. The van der Waals surface area contributed by atoms with Crippen molar-refractivity contribution < 1.29 is 4.42 Å². The summed E-state index contributed by atoms with van der Waals surface area (Å²) in [6.07, 6.45) is 9.96. The smallest absolute Gasteiger partial charge is 0.144 e. The Balaban J connectivity index is 1.29. The average Bonchev–Trinajstić information content (AvgIpc) is 3.36. The highest BCUT2D eigenvalue weighted by Gasteiger charge is 2.17. The molecule has 186 valence electrons. The number of pyridine rings is 1. The topological polar surface area (TPSA) is 26.0 Å². The van der Waals surface area contributed by atoms with Crippen molar-refractivity contribution >= 4 is 21.9 Å². The Bertz CT molecular complexity index is 1720. The van der Waals surface area contributed by atoms with E-state index in [0.29, 0.717) is 0 Å². The molecule has 38 heavy (non-hydrogen) atoms. The van der Waals surface area contributed by atoms with Crippen molar-refractivity contribution in [2.24, 2.45) is 5.92 Å². The normalized spacial score (nSPS) is 14.3. The first-order valence-electron chi connectivity index (χ1n) is 13.9. The van der Waals surface area contributed by atoms with Crippen LogP contribution in [0.4, 0.5) is 0 Å². The first kappa shape index (κ1) is 23.0. The van der Waals surface area contributed by atoms with E-state index in [1.807, 2.05) is 6.20 Å². The Morgan fingerprint density at radius 3 is 2.24 bits per heavy atom. The highest BCUT2D eigenvalue weighted by atomic mass is 16.3. The van der Waals surface area contributed by atoms with E-state index in [4.69, 9.17) is 9.40 Å². The van der Waals surface area contributed by atoms with Gasteiger partial charge in [0.2, 0.25) is 0 Å². The van der Waals surface area contributed by atoms with Crippen LogP contribution < -0.4 is 0 Å². The third-order valence-electron chi connectivity index (χ3n) is 8.17. The number of furan rings is 1. The summed E-state index contributed by atoms with van der Waals surface area (Å²) in [6, 6.07) is 36.7. The summed E-state index contributed by atoms with van der Waals surface area (Å²) in [4.78, 5) is 4.77. The fourth-order valence-electron chi connectivity index (χ4n) is 6.24. The zero-order valence-electron chi connectivity index (χ0n) is 21.6. The second kappa shape index (κ2) is 9.95. The fourth-order valence-corrected chi connectivity index (χ4v) is 6.24. The molecule has 7 rings (SSSR count). The molecule has 6 aromatic rings. The second-order valence-corrected chi connectivity index (χ2v) is 10.7. The summed E-state index contributed by atoms with van der Waals surface area (Å²) < 4.78 is 6.60. The van der Waals surface area contributed by atoms with Crippen LogP contribution in [-0.2, 0) is 6.42 Å². The lowest BCUT2D eigenvalue weighted by atomic mass is 9.85. The maximum atomic E-state index is 6.60. The summed E-state index contributed by atoms with van der Waals surface area (Å²) in [5.74, 6) is 0.804. The SMILES string of the molecule is c1ccc(-c2ccccc2-c2ccc3c(c2)oc2c(-c4cc(CC5CCCCC5)ccn4)cccc23)cc1. The predicted molar refractivity (Wildman–Crippen MR) is 158 cm³/mol. The molecule has 2 aromatic heterocycles.